The van der Waals surface area contributed by atoms with Crippen LogP contribution in [-0.4, -0.2) is 11.5 Å². The summed E-state index contributed by atoms with van der Waals surface area (Å²) in [6.07, 6.45) is 3.73. The number of hydrogen-bond acceptors (Lipinski definition) is 3. The summed E-state index contributed by atoms with van der Waals surface area (Å²) >= 11 is 7.63. The van der Waals surface area contributed by atoms with Gasteiger partial charge < -0.3 is 5.32 Å². The SMILES string of the molecule is CCNC(c1ccc(Cl)s1)c1ccncc1C. The summed E-state index contributed by atoms with van der Waals surface area (Å²) in [5.74, 6) is 0. The van der Waals surface area contributed by atoms with Gasteiger partial charge in [0.2, 0.25) is 0 Å². The lowest BCUT2D eigenvalue weighted by atomic mass is 10.0. The first-order valence-electron chi connectivity index (χ1n) is 5.61. The van der Waals surface area contributed by atoms with Gasteiger partial charge in [-0.2, -0.15) is 0 Å². The molecule has 0 bridgehead atoms. The van der Waals surface area contributed by atoms with Crippen molar-refractivity contribution in [2.45, 2.75) is 19.9 Å². The van der Waals surface area contributed by atoms with Gasteiger partial charge in [-0.05, 0) is 42.8 Å². The fourth-order valence-corrected chi connectivity index (χ4v) is 3.02. The molecule has 2 rings (SSSR count). The molecular formula is C13H15ClN2S. The third kappa shape index (κ3) is 2.86. The Kier molecular flexibility index (Phi) is 4.15. The first-order chi connectivity index (χ1) is 8.22. The molecule has 17 heavy (non-hydrogen) atoms. The highest BCUT2D eigenvalue weighted by Crippen LogP contribution is 2.31. The number of aromatic nitrogens is 1. The summed E-state index contributed by atoms with van der Waals surface area (Å²) in [5.41, 5.74) is 2.46. The van der Waals surface area contributed by atoms with E-state index in [0.29, 0.717) is 0 Å². The van der Waals surface area contributed by atoms with Gasteiger partial charge in [-0.25, -0.2) is 0 Å². The van der Waals surface area contributed by atoms with E-state index in [0.717, 1.165) is 10.9 Å². The number of nitrogens with zero attached hydrogens (tertiary/aromatic N) is 1. The maximum absolute atomic E-state index is 6.01. The van der Waals surface area contributed by atoms with Crippen molar-refractivity contribution in [1.82, 2.24) is 10.3 Å². The van der Waals surface area contributed by atoms with E-state index >= 15 is 0 Å². The monoisotopic (exact) mass is 266 g/mol. The molecule has 2 heterocycles. The van der Waals surface area contributed by atoms with Crippen LogP contribution in [0.25, 0.3) is 0 Å². The molecule has 0 aliphatic heterocycles. The first-order valence-corrected chi connectivity index (χ1v) is 6.81. The molecule has 2 nitrogen and oxygen atoms in total. The Morgan fingerprint density at radius 1 is 1.41 bits per heavy atom. The van der Waals surface area contributed by atoms with Crippen molar-refractivity contribution in [1.29, 1.82) is 0 Å². The second-order valence-corrected chi connectivity index (χ2v) is 5.61. The van der Waals surface area contributed by atoms with Gasteiger partial charge in [0.15, 0.2) is 0 Å². The Morgan fingerprint density at radius 2 is 2.24 bits per heavy atom. The quantitative estimate of drug-likeness (QED) is 0.910. The van der Waals surface area contributed by atoms with Crippen molar-refractivity contribution in [3.05, 3.63) is 50.9 Å². The average molecular weight is 267 g/mol. The van der Waals surface area contributed by atoms with E-state index in [1.54, 1.807) is 11.3 Å². The van der Waals surface area contributed by atoms with E-state index < -0.39 is 0 Å². The van der Waals surface area contributed by atoms with E-state index in [-0.39, 0.29) is 6.04 Å². The molecular weight excluding hydrogens is 252 g/mol. The van der Waals surface area contributed by atoms with Gasteiger partial charge >= 0.3 is 0 Å². The summed E-state index contributed by atoms with van der Waals surface area (Å²) < 4.78 is 0.828. The molecule has 2 aromatic heterocycles. The Balaban J connectivity index is 2.39. The van der Waals surface area contributed by atoms with Crippen LogP contribution in [0.4, 0.5) is 0 Å². The lowest BCUT2D eigenvalue weighted by molar-refractivity contribution is 0.636. The van der Waals surface area contributed by atoms with E-state index in [1.165, 1.54) is 16.0 Å². The van der Waals surface area contributed by atoms with E-state index in [2.05, 4.69) is 36.3 Å². The topological polar surface area (TPSA) is 24.9 Å². The molecule has 1 N–H and O–H groups in total. The summed E-state index contributed by atoms with van der Waals surface area (Å²) in [6.45, 7) is 5.11. The van der Waals surface area contributed by atoms with Crippen molar-refractivity contribution in [3.8, 4) is 0 Å². The van der Waals surface area contributed by atoms with E-state index in [9.17, 15) is 0 Å². The maximum Gasteiger partial charge on any atom is 0.0931 e. The van der Waals surface area contributed by atoms with Gasteiger partial charge in [0.25, 0.3) is 0 Å². The van der Waals surface area contributed by atoms with Gasteiger partial charge in [0, 0.05) is 17.3 Å². The fraction of sp³-hybridized carbons (Fsp3) is 0.308. The molecule has 1 atom stereocenters. The zero-order chi connectivity index (χ0) is 12.3. The number of thiophene rings is 1. The molecule has 0 aromatic carbocycles. The number of aryl methyl sites for hydroxylation is 1. The number of halogens is 1. The number of hydrogen-bond donors (Lipinski definition) is 1. The largest absolute Gasteiger partial charge is 0.306 e. The molecule has 90 valence electrons. The van der Waals surface area contributed by atoms with Gasteiger partial charge in [-0.1, -0.05) is 18.5 Å². The average Bonchev–Trinajstić information content (AvgIpc) is 2.74. The van der Waals surface area contributed by atoms with Crippen molar-refractivity contribution in [3.63, 3.8) is 0 Å². The fourth-order valence-electron chi connectivity index (χ4n) is 1.86. The minimum absolute atomic E-state index is 0.209. The van der Waals surface area contributed by atoms with Crippen LogP contribution in [0.1, 0.15) is 29.0 Å². The van der Waals surface area contributed by atoms with Crippen LogP contribution in [0.2, 0.25) is 4.34 Å². The highest BCUT2D eigenvalue weighted by Gasteiger charge is 2.16. The van der Waals surface area contributed by atoms with Crippen LogP contribution >= 0.6 is 22.9 Å². The molecule has 0 spiro atoms. The van der Waals surface area contributed by atoms with Gasteiger partial charge in [-0.3, -0.25) is 4.98 Å². The third-order valence-electron chi connectivity index (χ3n) is 2.66. The van der Waals surface area contributed by atoms with Gasteiger partial charge in [0.05, 0.1) is 10.4 Å². The minimum atomic E-state index is 0.209. The first kappa shape index (κ1) is 12.6. The maximum atomic E-state index is 6.01. The van der Waals surface area contributed by atoms with Gasteiger partial charge in [-0.15, -0.1) is 11.3 Å². The second kappa shape index (κ2) is 5.63. The Bertz CT molecular complexity index is 496. The van der Waals surface area contributed by atoms with Crippen LogP contribution in [0.5, 0.6) is 0 Å². The molecule has 2 aromatic rings. The Hall–Kier alpha value is -0.900. The molecule has 0 aliphatic rings. The standard InChI is InChI=1S/C13H15ClN2S/c1-3-16-13(11-4-5-12(14)17-11)10-6-7-15-8-9(10)2/h4-8,13,16H,3H2,1-2H3. The van der Waals surface area contributed by atoms with Crippen LogP contribution in [0.3, 0.4) is 0 Å². The molecule has 1 unspecified atom stereocenters. The predicted molar refractivity (Wildman–Crippen MR) is 73.8 cm³/mol. The second-order valence-electron chi connectivity index (χ2n) is 3.86. The highest BCUT2D eigenvalue weighted by molar-refractivity contribution is 7.16. The minimum Gasteiger partial charge on any atom is -0.306 e. The molecule has 0 radical (unpaired) electrons. The van der Waals surface area contributed by atoms with Gasteiger partial charge in [0.1, 0.15) is 0 Å². The highest BCUT2D eigenvalue weighted by atomic mass is 35.5. The smallest absolute Gasteiger partial charge is 0.0931 e. The number of nitrogens with one attached hydrogen (secondary N) is 1. The van der Waals surface area contributed by atoms with Crippen molar-refractivity contribution < 1.29 is 0 Å². The van der Waals surface area contributed by atoms with E-state index in [4.69, 9.17) is 11.6 Å². The lowest BCUT2D eigenvalue weighted by Gasteiger charge is -2.18. The summed E-state index contributed by atoms with van der Waals surface area (Å²) in [6, 6.07) is 6.30. The van der Waals surface area contributed by atoms with Crippen molar-refractivity contribution >= 4 is 22.9 Å². The van der Waals surface area contributed by atoms with Crippen LogP contribution in [0, 0.1) is 6.92 Å². The lowest BCUT2D eigenvalue weighted by Crippen LogP contribution is -2.21. The zero-order valence-corrected chi connectivity index (χ0v) is 11.5. The van der Waals surface area contributed by atoms with Crippen molar-refractivity contribution in [2.75, 3.05) is 6.54 Å². The molecule has 0 aliphatic carbocycles. The summed E-state index contributed by atoms with van der Waals surface area (Å²) in [5, 5.41) is 3.49. The Labute approximate surface area is 111 Å². The summed E-state index contributed by atoms with van der Waals surface area (Å²) in [7, 11) is 0. The molecule has 0 saturated heterocycles. The summed E-state index contributed by atoms with van der Waals surface area (Å²) in [4.78, 5) is 5.38. The molecule has 0 amide bonds. The molecule has 4 heteroatoms. The zero-order valence-electron chi connectivity index (χ0n) is 9.90. The number of rotatable bonds is 4. The van der Waals surface area contributed by atoms with Crippen molar-refractivity contribution in [2.24, 2.45) is 0 Å². The van der Waals surface area contributed by atoms with Crippen LogP contribution in [-0.2, 0) is 0 Å². The van der Waals surface area contributed by atoms with Crippen LogP contribution in [0.15, 0.2) is 30.6 Å². The van der Waals surface area contributed by atoms with E-state index in [1.807, 2.05) is 18.5 Å². The number of pyridine rings is 1. The predicted octanol–water partition coefficient (Wildman–Crippen LogP) is 3.80. The Morgan fingerprint density at radius 3 is 2.82 bits per heavy atom. The molecule has 0 saturated carbocycles. The van der Waals surface area contributed by atoms with Crippen LogP contribution < -0.4 is 5.32 Å². The third-order valence-corrected chi connectivity index (χ3v) is 3.96. The molecule has 0 fully saturated rings. The normalized spacial score (nSPS) is 12.6.